The van der Waals surface area contributed by atoms with Gasteiger partial charge in [0.25, 0.3) is 5.56 Å². The lowest BCUT2D eigenvalue weighted by molar-refractivity contribution is 0.150. The van der Waals surface area contributed by atoms with Crippen molar-refractivity contribution in [2.75, 3.05) is 13.2 Å². The van der Waals surface area contributed by atoms with Gasteiger partial charge in [-0.2, -0.15) is 0 Å². The van der Waals surface area contributed by atoms with Gasteiger partial charge in [-0.3, -0.25) is 9.69 Å². The molecule has 2 N–H and O–H groups in total. The summed E-state index contributed by atoms with van der Waals surface area (Å²) in [6, 6.07) is 8.36. The van der Waals surface area contributed by atoms with Crippen molar-refractivity contribution in [1.82, 2.24) is 30.1 Å². The number of aromatic nitrogens is 5. The number of hydrogen-bond donors (Lipinski definition) is 2. The number of pyridine rings is 1. The molecule has 4 rings (SSSR count). The lowest BCUT2D eigenvalue weighted by atomic mass is 10.1. The molecule has 8 nitrogen and oxygen atoms in total. The van der Waals surface area contributed by atoms with Crippen LogP contribution in [0, 0.1) is 6.92 Å². The van der Waals surface area contributed by atoms with Gasteiger partial charge in [-0.15, -0.1) is 5.10 Å². The van der Waals surface area contributed by atoms with Gasteiger partial charge in [-0.05, 0) is 66.6 Å². The summed E-state index contributed by atoms with van der Waals surface area (Å²) < 4.78 is 2.00. The minimum atomic E-state index is -0.0735. The number of nitrogens with one attached hydrogen (secondary N) is 1. The lowest BCUT2D eigenvalue weighted by Crippen LogP contribution is -2.34. The number of nitrogens with zero attached hydrogens (tertiary/aromatic N) is 5. The first-order chi connectivity index (χ1) is 15.1. The summed E-state index contributed by atoms with van der Waals surface area (Å²) in [4.78, 5) is 18.1. The van der Waals surface area contributed by atoms with Gasteiger partial charge in [0.05, 0.1) is 12.1 Å². The summed E-state index contributed by atoms with van der Waals surface area (Å²) in [5.74, 6) is 0.861. The van der Waals surface area contributed by atoms with Crippen molar-refractivity contribution in [3.8, 4) is 0 Å². The van der Waals surface area contributed by atoms with E-state index < -0.39 is 0 Å². The highest BCUT2D eigenvalue weighted by atomic mass is 16.3. The van der Waals surface area contributed by atoms with Crippen LogP contribution in [0.5, 0.6) is 0 Å². The molecule has 1 atom stereocenters. The Kier molecular flexibility index (Phi) is 6.77. The molecule has 0 spiro atoms. The fraction of sp³-hybridized carbons (Fsp3) is 0.565. The smallest absolute Gasteiger partial charge is 0.252 e. The number of aryl methyl sites for hydroxylation is 1. The number of aliphatic hydroxyl groups is 1. The number of rotatable bonds is 9. The lowest BCUT2D eigenvalue weighted by Gasteiger charge is -2.30. The topological polar surface area (TPSA) is 99.9 Å². The predicted octanol–water partition coefficient (Wildman–Crippen LogP) is 3.27. The summed E-state index contributed by atoms with van der Waals surface area (Å²) in [5, 5.41) is 23.2. The summed E-state index contributed by atoms with van der Waals surface area (Å²) >= 11 is 0. The van der Waals surface area contributed by atoms with Crippen LogP contribution < -0.4 is 5.56 Å². The third kappa shape index (κ3) is 4.70. The van der Waals surface area contributed by atoms with Crippen molar-refractivity contribution in [3.63, 3.8) is 0 Å². The summed E-state index contributed by atoms with van der Waals surface area (Å²) in [6.07, 6.45) is 6.08. The maximum absolute atomic E-state index is 12.8. The molecule has 2 aromatic heterocycles. The van der Waals surface area contributed by atoms with Crippen molar-refractivity contribution in [2.45, 2.75) is 71.0 Å². The second kappa shape index (κ2) is 9.70. The SMILES string of the molecule is CC[C@@H](c1nnnn1C1CCCC1)N(CCCO)Cc1cc2cc(C)ccc2[nH]c1=O. The summed E-state index contributed by atoms with van der Waals surface area (Å²) in [6.45, 7) is 5.42. The van der Waals surface area contributed by atoms with Crippen LogP contribution in [0.1, 0.15) is 74.5 Å². The van der Waals surface area contributed by atoms with Gasteiger partial charge in [0.15, 0.2) is 5.82 Å². The molecule has 1 fully saturated rings. The largest absolute Gasteiger partial charge is 0.396 e. The van der Waals surface area contributed by atoms with Crippen LogP contribution >= 0.6 is 0 Å². The Morgan fingerprint density at radius 1 is 1.29 bits per heavy atom. The predicted molar refractivity (Wildman–Crippen MR) is 120 cm³/mol. The zero-order valence-corrected chi connectivity index (χ0v) is 18.4. The van der Waals surface area contributed by atoms with E-state index in [1.807, 2.05) is 29.8 Å². The highest BCUT2D eigenvalue weighted by Crippen LogP contribution is 2.33. The van der Waals surface area contributed by atoms with E-state index in [0.29, 0.717) is 25.6 Å². The standard InChI is InChI=1S/C23H32N6O2/c1-3-21(22-25-26-27-29(22)19-7-4-5-8-19)28(11-6-12-30)15-18-14-17-13-16(2)9-10-20(17)24-23(18)31/h9-10,13-14,19,21,30H,3-8,11-12,15H2,1-2H3,(H,24,31)/t21-/m0/s1. The first kappa shape index (κ1) is 21.6. The fourth-order valence-electron chi connectivity index (χ4n) is 4.76. The number of benzene rings is 1. The number of aromatic amines is 1. The monoisotopic (exact) mass is 424 g/mol. The number of hydrogen-bond acceptors (Lipinski definition) is 6. The van der Waals surface area contributed by atoms with E-state index in [-0.39, 0.29) is 18.2 Å². The van der Waals surface area contributed by atoms with Crippen molar-refractivity contribution in [3.05, 3.63) is 51.6 Å². The molecule has 0 amide bonds. The highest BCUT2D eigenvalue weighted by molar-refractivity contribution is 5.79. The van der Waals surface area contributed by atoms with Crippen molar-refractivity contribution in [2.24, 2.45) is 0 Å². The van der Waals surface area contributed by atoms with Gasteiger partial charge >= 0.3 is 0 Å². The molecule has 3 aromatic rings. The zero-order chi connectivity index (χ0) is 21.8. The Labute approximate surface area is 182 Å². The van der Waals surface area contributed by atoms with Crippen molar-refractivity contribution < 1.29 is 5.11 Å². The number of H-pyrrole nitrogens is 1. The molecule has 1 aromatic carbocycles. The molecule has 0 bridgehead atoms. The van der Waals surface area contributed by atoms with Crippen LogP contribution in [0.15, 0.2) is 29.1 Å². The molecule has 8 heteroatoms. The summed E-state index contributed by atoms with van der Waals surface area (Å²) in [7, 11) is 0. The van der Waals surface area contributed by atoms with Crippen LogP contribution in [-0.2, 0) is 6.54 Å². The van der Waals surface area contributed by atoms with E-state index in [1.54, 1.807) is 0 Å². The molecule has 31 heavy (non-hydrogen) atoms. The fourth-order valence-corrected chi connectivity index (χ4v) is 4.76. The molecular formula is C23H32N6O2. The summed E-state index contributed by atoms with van der Waals surface area (Å²) in [5.41, 5.74) is 2.65. The van der Waals surface area contributed by atoms with E-state index in [4.69, 9.17) is 0 Å². The first-order valence-electron chi connectivity index (χ1n) is 11.4. The maximum Gasteiger partial charge on any atom is 0.252 e. The van der Waals surface area contributed by atoms with E-state index in [0.717, 1.165) is 47.1 Å². The third-order valence-corrected chi connectivity index (χ3v) is 6.37. The Morgan fingerprint density at radius 2 is 2.10 bits per heavy atom. The van der Waals surface area contributed by atoms with Gasteiger partial charge in [-0.1, -0.05) is 31.4 Å². The number of aliphatic hydroxyl groups excluding tert-OH is 1. The molecule has 0 aliphatic heterocycles. The van der Waals surface area contributed by atoms with Gasteiger partial charge in [0.2, 0.25) is 0 Å². The molecule has 1 aliphatic carbocycles. The van der Waals surface area contributed by atoms with E-state index in [9.17, 15) is 9.90 Å². The molecular weight excluding hydrogens is 392 g/mol. The minimum Gasteiger partial charge on any atom is -0.396 e. The van der Waals surface area contributed by atoms with Crippen LogP contribution in [0.3, 0.4) is 0 Å². The van der Waals surface area contributed by atoms with Gasteiger partial charge < -0.3 is 10.1 Å². The normalized spacial score (nSPS) is 15.9. The van der Waals surface area contributed by atoms with E-state index >= 15 is 0 Å². The third-order valence-electron chi connectivity index (χ3n) is 6.37. The molecule has 2 heterocycles. The molecule has 166 valence electrons. The second-order valence-corrected chi connectivity index (χ2v) is 8.61. The molecule has 0 saturated heterocycles. The molecule has 0 unspecified atom stereocenters. The highest BCUT2D eigenvalue weighted by Gasteiger charge is 2.29. The molecule has 1 aliphatic rings. The minimum absolute atomic E-state index is 0.0187. The number of tetrazole rings is 1. The second-order valence-electron chi connectivity index (χ2n) is 8.61. The maximum atomic E-state index is 12.8. The van der Waals surface area contributed by atoms with Crippen molar-refractivity contribution in [1.29, 1.82) is 0 Å². The van der Waals surface area contributed by atoms with Gasteiger partial charge in [0.1, 0.15) is 0 Å². The Morgan fingerprint density at radius 3 is 2.84 bits per heavy atom. The Bertz CT molecular complexity index is 1070. The Balaban J connectivity index is 1.67. The van der Waals surface area contributed by atoms with Gasteiger partial charge in [-0.25, -0.2) is 4.68 Å². The Hall–Kier alpha value is -2.58. The number of fused-ring (bicyclic) bond motifs is 1. The van der Waals surface area contributed by atoms with Crippen LogP contribution in [-0.4, -0.2) is 48.3 Å². The van der Waals surface area contributed by atoms with E-state index in [1.165, 1.54) is 12.8 Å². The average molecular weight is 425 g/mol. The van der Waals surface area contributed by atoms with Crippen LogP contribution in [0.4, 0.5) is 0 Å². The quantitative estimate of drug-likeness (QED) is 0.547. The van der Waals surface area contributed by atoms with Crippen LogP contribution in [0.2, 0.25) is 0 Å². The molecule has 0 radical (unpaired) electrons. The van der Waals surface area contributed by atoms with Crippen LogP contribution in [0.25, 0.3) is 10.9 Å². The average Bonchev–Trinajstić information content (AvgIpc) is 3.45. The van der Waals surface area contributed by atoms with Gasteiger partial charge in [0, 0.05) is 30.8 Å². The van der Waals surface area contributed by atoms with E-state index in [2.05, 4.69) is 38.4 Å². The zero-order valence-electron chi connectivity index (χ0n) is 18.4. The molecule has 1 saturated carbocycles. The van der Waals surface area contributed by atoms with Crippen molar-refractivity contribution >= 4 is 10.9 Å². The first-order valence-corrected chi connectivity index (χ1v) is 11.4.